The van der Waals surface area contributed by atoms with E-state index in [1.807, 2.05) is 30.3 Å². The van der Waals surface area contributed by atoms with E-state index in [1.54, 1.807) is 26.2 Å². The number of rotatable bonds is 2. The van der Waals surface area contributed by atoms with Gasteiger partial charge in [-0.25, -0.2) is 4.98 Å². The van der Waals surface area contributed by atoms with Crippen LogP contribution < -0.4 is 0 Å². The van der Waals surface area contributed by atoms with Crippen LogP contribution in [0.2, 0.25) is 0 Å². The Hall–Kier alpha value is -2.75. The molecule has 0 fully saturated rings. The summed E-state index contributed by atoms with van der Waals surface area (Å²) in [6.45, 7) is 1.52. The lowest BCUT2D eigenvalue weighted by molar-refractivity contribution is 0.0824. The Bertz CT molecular complexity index is 913. The zero-order valence-corrected chi connectivity index (χ0v) is 12.8. The minimum absolute atomic E-state index is 0.0293. The van der Waals surface area contributed by atoms with E-state index in [1.165, 1.54) is 11.8 Å². The van der Waals surface area contributed by atoms with Crippen LogP contribution in [-0.2, 0) is 0 Å². The molecule has 3 rings (SSSR count). The summed E-state index contributed by atoms with van der Waals surface area (Å²) in [6.07, 6.45) is 0. The Morgan fingerprint density at radius 2 is 1.68 bits per heavy atom. The molecule has 4 heteroatoms. The maximum atomic E-state index is 12.5. The highest BCUT2D eigenvalue weighted by Crippen LogP contribution is 2.28. The molecule has 4 nitrogen and oxygen atoms in total. The van der Waals surface area contributed by atoms with Gasteiger partial charge in [0.25, 0.3) is 5.91 Å². The number of ketones is 1. The van der Waals surface area contributed by atoms with Crippen molar-refractivity contribution in [3.05, 3.63) is 53.7 Å². The quantitative estimate of drug-likeness (QED) is 0.538. The fourth-order valence-electron chi connectivity index (χ4n) is 2.55. The summed E-state index contributed by atoms with van der Waals surface area (Å²) in [5.74, 6) is -0.199. The third-order valence-electron chi connectivity index (χ3n) is 3.72. The second kappa shape index (κ2) is 5.22. The van der Waals surface area contributed by atoms with Crippen molar-refractivity contribution < 1.29 is 9.59 Å². The fourth-order valence-corrected chi connectivity index (χ4v) is 2.55. The summed E-state index contributed by atoms with van der Waals surface area (Å²) < 4.78 is 0. The molecule has 0 atom stereocenters. The zero-order valence-electron chi connectivity index (χ0n) is 12.8. The number of nitrogens with zero attached hydrogens (tertiary/aromatic N) is 2. The molecule has 0 radical (unpaired) electrons. The van der Waals surface area contributed by atoms with Gasteiger partial charge in [-0.15, -0.1) is 0 Å². The van der Waals surface area contributed by atoms with Crippen LogP contribution >= 0.6 is 0 Å². The molecule has 1 amide bonds. The first-order valence-electron chi connectivity index (χ1n) is 7.04. The summed E-state index contributed by atoms with van der Waals surface area (Å²) in [5, 5.41) is 2.62. The second-order valence-corrected chi connectivity index (χ2v) is 5.49. The number of para-hydroxylation sites is 1. The number of fused-ring (bicyclic) bond motifs is 3. The lowest BCUT2D eigenvalue weighted by atomic mass is 10.00. The summed E-state index contributed by atoms with van der Waals surface area (Å²) in [5.41, 5.74) is 1.73. The van der Waals surface area contributed by atoms with Crippen LogP contribution in [0.3, 0.4) is 0 Å². The molecule has 2 aromatic carbocycles. The molecule has 0 saturated heterocycles. The molecular formula is C18H16N2O2. The molecule has 110 valence electrons. The van der Waals surface area contributed by atoms with Gasteiger partial charge in [0.15, 0.2) is 5.78 Å². The lowest BCUT2D eigenvalue weighted by Gasteiger charge is -2.14. The first kappa shape index (κ1) is 14.2. The van der Waals surface area contributed by atoms with Gasteiger partial charge in [-0.05, 0) is 24.4 Å². The molecule has 1 aromatic heterocycles. The SMILES string of the molecule is CC(=O)c1ccc2c(c1)c(C(=O)N(C)C)nc1ccccc12. The summed E-state index contributed by atoms with van der Waals surface area (Å²) in [7, 11) is 3.39. The van der Waals surface area contributed by atoms with Crippen molar-refractivity contribution in [3.63, 3.8) is 0 Å². The minimum Gasteiger partial charge on any atom is -0.343 e. The van der Waals surface area contributed by atoms with Crippen LogP contribution in [-0.4, -0.2) is 35.7 Å². The summed E-state index contributed by atoms with van der Waals surface area (Å²) >= 11 is 0. The molecular weight excluding hydrogens is 276 g/mol. The fraction of sp³-hybridized carbons (Fsp3) is 0.167. The molecule has 0 saturated carbocycles. The third kappa shape index (κ3) is 2.22. The number of amides is 1. The minimum atomic E-state index is -0.170. The van der Waals surface area contributed by atoms with Gasteiger partial charge in [-0.2, -0.15) is 0 Å². The smallest absolute Gasteiger partial charge is 0.272 e. The molecule has 0 aliphatic rings. The molecule has 0 N–H and O–H groups in total. The van der Waals surface area contributed by atoms with E-state index in [9.17, 15) is 9.59 Å². The van der Waals surface area contributed by atoms with E-state index in [2.05, 4.69) is 4.98 Å². The Morgan fingerprint density at radius 1 is 0.955 bits per heavy atom. The standard InChI is InChI=1S/C18H16N2O2/c1-11(21)12-8-9-13-14-6-4-5-7-16(14)19-17(15(13)10-12)18(22)20(2)3/h4-10H,1-3H3. The highest BCUT2D eigenvalue weighted by molar-refractivity contribution is 6.15. The van der Waals surface area contributed by atoms with Crippen molar-refractivity contribution in [3.8, 4) is 0 Å². The maximum Gasteiger partial charge on any atom is 0.272 e. The van der Waals surface area contributed by atoms with Gasteiger partial charge in [0.2, 0.25) is 0 Å². The maximum absolute atomic E-state index is 12.5. The number of Topliss-reactive ketones (excluding diaryl/α,β-unsaturated/α-hetero) is 1. The normalized spacial score (nSPS) is 10.9. The predicted molar refractivity (Wildman–Crippen MR) is 87.3 cm³/mol. The number of aromatic nitrogens is 1. The van der Waals surface area contributed by atoms with Gasteiger partial charge in [-0.3, -0.25) is 9.59 Å². The highest BCUT2D eigenvalue weighted by atomic mass is 16.2. The van der Waals surface area contributed by atoms with Crippen LogP contribution in [0.1, 0.15) is 27.8 Å². The highest BCUT2D eigenvalue weighted by Gasteiger charge is 2.17. The lowest BCUT2D eigenvalue weighted by Crippen LogP contribution is -2.23. The Labute approximate surface area is 128 Å². The van der Waals surface area contributed by atoms with Gasteiger partial charge < -0.3 is 4.90 Å². The first-order valence-corrected chi connectivity index (χ1v) is 7.04. The van der Waals surface area contributed by atoms with E-state index in [0.717, 1.165) is 16.3 Å². The number of benzene rings is 2. The Balaban J connectivity index is 2.45. The van der Waals surface area contributed by atoms with Gasteiger partial charge >= 0.3 is 0 Å². The van der Waals surface area contributed by atoms with E-state index >= 15 is 0 Å². The topological polar surface area (TPSA) is 50.3 Å². The van der Waals surface area contributed by atoms with E-state index in [4.69, 9.17) is 0 Å². The number of pyridine rings is 1. The van der Waals surface area contributed by atoms with E-state index < -0.39 is 0 Å². The van der Waals surface area contributed by atoms with Crippen LogP contribution in [0.25, 0.3) is 21.7 Å². The van der Waals surface area contributed by atoms with Crippen molar-refractivity contribution in [1.82, 2.24) is 9.88 Å². The molecule has 0 unspecified atom stereocenters. The number of carbonyl (C=O) groups excluding carboxylic acids is 2. The zero-order chi connectivity index (χ0) is 15.9. The Morgan fingerprint density at radius 3 is 2.36 bits per heavy atom. The van der Waals surface area contributed by atoms with Crippen molar-refractivity contribution in [2.75, 3.05) is 14.1 Å². The molecule has 0 bridgehead atoms. The van der Waals surface area contributed by atoms with Gasteiger partial charge in [0.1, 0.15) is 5.69 Å². The first-order chi connectivity index (χ1) is 10.5. The average Bonchev–Trinajstić information content (AvgIpc) is 2.52. The number of hydrogen-bond donors (Lipinski definition) is 0. The van der Waals surface area contributed by atoms with Crippen molar-refractivity contribution in [2.45, 2.75) is 6.92 Å². The molecule has 3 aromatic rings. The molecule has 0 aliphatic carbocycles. The van der Waals surface area contributed by atoms with Gasteiger partial charge in [0, 0.05) is 30.4 Å². The van der Waals surface area contributed by atoms with Crippen LogP contribution in [0.15, 0.2) is 42.5 Å². The Kier molecular flexibility index (Phi) is 3.37. The third-order valence-corrected chi connectivity index (χ3v) is 3.72. The number of carbonyl (C=O) groups is 2. The molecule has 22 heavy (non-hydrogen) atoms. The summed E-state index contributed by atoms with van der Waals surface area (Å²) in [4.78, 5) is 30.1. The van der Waals surface area contributed by atoms with E-state index in [-0.39, 0.29) is 11.7 Å². The number of hydrogen-bond acceptors (Lipinski definition) is 3. The van der Waals surface area contributed by atoms with Crippen LogP contribution in [0.5, 0.6) is 0 Å². The second-order valence-electron chi connectivity index (χ2n) is 5.49. The molecule has 0 spiro atoms. The van der Waals surface area contributed by atoms with Crippen molar-refractivity contribution in [2.24, 2.45) is 0 Å². The van der Waals surface area contributed by atoms with Crippen molar-refractivity contribution >= 4 is 33.4 Å². The summed E-state index contributed by atoms with van der Waals surface area (Å²) in [6, 6.07) is 13.1. The van der Waals surface area contributed by atoms with Gasteiger partial charge in [0.05, 0.1) is 5.52 Å². The molecule has 1 heterocycles. The predicted octanol–water partition coefficient (Wildman–Crippen LogP) is 3.29. The largest absolute Gasteiger partial charge is 0.343 e. The van der Waals surface area contributed by atoms with Crippen LogP contribution in [0.4, 0.5) is 0 Å². The molecule has 0 aliphatic heterocycles. The van der Waals surface area contributed by atoms with Crippen LogP contribution in [0, 0.1) is 0 Å². The van der Waals surface area contributed by atoms with E-state index in [0.29, 0.717) is 16.6 Å². The van der Waals surface area contributed by atoms with Crippen molar-refractivity contribution in [1.29, 1.82) is 0 Å². The van der Waals surface area contributed by atoms with Gasteiger partial charge in [-0.1, -0.05) is 30.3 Å². The monoisotopic (exact) mass is 292 g/mol. The average molecular weight is 292 g/mol.